The maximum Gasteiger partial charge on any atom is 0.340 e. The zero-order valence-electron chi connectivity index (χ0n) is 37.7. The molecule has 0 saturated carbocycles. The lowest BCUT2D eigenvalue weighted by Crippen LogP contribution is -2.34. The van der Waals surface area contributed by atoms with Crippen LogP contribution in [0, 0.1) is 18.8 Å². The summed E-state index contributed by atoms with van der Waals surface area (Å²) < 4.78 is 49.4. The Morgan fingerprint density at radius 3 is 1.68 bits per heavy atom. The van der Waals surface area contributed by atoms with Crippen LogP contribution in [0.1, 0.15) is 40.7 Å². The fourth-order valence-electron chi connectivity index (χ4n) is 6.66. The Kier molecular flexibility index (Phi) is 23.1. The number of para-hydroxylation sites is 1. The number of fused-ring (bicyclic) bond motifs is 3. The van der Waals surface area contributed by atoms with Crippen LogP contribution in [0.5, 0.6) is 0 Å². The summed E-state index contributed by atoms with van der Waals surface area (Å²) in [6.07, 6.45) is 0.0688. The summed E-state index contributed by atoms with van der Waals surface area (Å²) in [6.45, 7) is 9.34. The van der Waals surface area contributed by atoms with Crippen LogP contribution in [0.3, 0.4) is 0 Å². The van der Waals surface area contributed by atoms with Crippen LogP contribution < -0.4 is 26.9 Å². The smallest absolute Gasteiger partial charge is 0.340 e. The highest BCUT2D eigenvalue weighted by Crippen LogP contribution is 2.26. The molecule has 0 unspecified atom stereocenters. The average molecular weight is 915 g/mol. The fraction of sp³-hybridized carbons (Fsp3) is 0.469. The Morgan fingerprint density at radius 2 is 1.11 bits per heavy atom. The number of anilines is 2. The number of nitrogens with zero attached hydrogens (tertiary/aromatic N) is 1. The van der Waals surface area contributed by atoms with Crippen molar-refractivity contribution in [2.75, 3.05) is 129 Å². The quantitative estimate of drug-likeness (QED) is 0.0278. The second-order valence-electron chi connectivity index (χ2n) is 14.9. The van der Waals surface area contributed by atoms with E-state index in [1.54, 1.807) is 30.0 Å². The van der Waals surface area contributed by atoms with Gasteiger partial charge in [-0.15, -0.1) is 0 Å². The van der Waals surface area contributed by atoms with E-state index in [1.807, 2.05) is 48.5 Å². The van der Waals surface area contributed by atoms with Gasteiger partial charge in [0.05, 0.1) is 130 Å². The number of amides is 3. The van der Waals surface area contributed by atoms with Gasteiger partial charge in [0.2, 0.25) is 17.7 Å². The van der Waals surface area contributed by atoms with Crippen molar-refractivity contribution in [1.82, 2.24) is 10.6 Å². The van der Waals surface area contributed by atoms with Crippen molar-refractivity contribution in [1.29, 1.82) is 0 Å². The van der Waals surface area contributed by atoms with Crippen LogP contribution in [0.15, 0.2) is 75.9 Å². The number of carbonyl (C=O) groups is 3. The van der Waals surface area contributed by atoms with Crippen molar-refractivity contribution in [2.24, 2.45) is 0 Å². The maximum absolute atomic E-state index is 13.3. The lowest BCUT2D eigenvalue weighted by molar-refractivity contribution is -0.125. The van der Waals surface area contributed by atoms with Gasteiger partial charge in [0, 0.05) is 54.2 Å². The summed E-state index contributed by atoms with van der Waals surface area (Å²) in [7, 11) is 0. The predicted molar refractivity (Wildman–Crippen MR) is 247 cm³/mol. The Bertz CT molecular complexity index is 2260. The van der Waals surface area contributed by atoms with Gasteiger partial charge in [-0.1, -0.05) is 42.2 Å². The first-order valence-electron chi connectivity index (χ1n) is 22.3. The molecule has 0 aliphatic carbocycles. The number of hydrogen-bond acceptors (Lipinski definition) is 14. The molecule has 1 aliphatic heterocycles. The lowest BCUT2D eigenvalue weighted by atomic mass is 10.0. The summed E-state index contributed by atoms with van der Waals surface area (Å²) in [5.41, 5.74) is 10.5. The van der Waals surface area contributed by atoms with Gasteiger partial charge in [-0.25, -0.2) is 4.79 Å². The van der Waals surface area contributed by atoms with Gasteiger partial charge in [-0.3, -0.25) is 14.4 Å². The summed E-state index contributed by atoms with van der Waals surface area (Å²) >= 11 is 0. The van der Waals surface area contributed by atoms with Gasteiger partial charge < -0.3 is 63.6 Å². The van der Waals surface area contributed by atoms with E-state index in [-0.39, 0.29) is 37.0 Å². The first-order valence-corrected chi connectivity index (χ1v) is 22.3. The molecule has 4 N–H and O–H groups in total. The second-order valence-corrected chi connectivity index (χ2v) is 14.9. The van der Waals surface area contributed by atoms with Crippen LogP contribution in [-0.2, 0) is 65.2 Å². The maximum atomic E-state index is 13.3. The SMILES string of the molecule is Cc1c(CC(=O)NCCOCCOCCOCCOCCOCCOCCOCCOCCNC(=O)CCC(=O)N2Cc3ccccc3C#Cc3ccccc32)c(=O)oc2cc(N)ccc12. The van der Waals surface area contributed by atoms with Crippen LogP contribution in [0.4, 0.5) is 11.4 Å². The normalized spacial score (nSPS) is 11.9. The minimum absolute atomic E-state index is 0.0764. The summed E-state index contributed by atoms with van der Waals surface area (Å²) in [4.78, 5) is 52.3. The molecular formula is C49H62N4O13. The largest absolute Gasteiger partial charge is 0.422 e. The highest BCUT2D eigenvalue weighted by molar-refractivity contribution is 5.97. The van der Waals surface area contributed by atoms with Crippen LogP contribution in [0.2, 0.25) is 0 Å². The Morgan fingerprint density at radius 1 is 0.621 bits per heavy atom. The number of carbonyl (C=O) groups excluding carboxylic acids is 3. The number of rotatable bonds is 32. The van der Waals surface area contributed by atoms with E-state index in [9.17, 15) is 19.2 Å². The number of ether oxygens (including phenoxy) is 8. The van der Waals surface area contributed by atoms with Gasteiger partial charge in [0.25, 0.3) is 0 Å². The van der Waals surface area contributed by atoms with Gasteiger partial charge in [-0.2, -0.15) is 0 Å². The number of nitrogens with two attached hydrogens (primary N) is 1. The highest BCUT2D eigenvalue weighted by Gasteiger charge is 2.22. The summed E-state index contributed by atoms with van der Waals surface area (Å²) in [6, 6.07) is 20.5. The standard InChI is InChI=1S/C49H62N4O13/c1-37-42-13-12-41(50)34-45(42)66-49(57)43(37)35-47(55)52-17-19-59-21-23-61-25-27-63-29-31-65-33-32-64-30-28-62-26-24-60-22-20-58-18-16-51-46(54)14-15-48(56)53-36-40-8-3-2-6-38(40)10-11-39-7-4-5-9-44(39)53/h2-9,12-13,34H,14-33,35-36,50H2,1H3,(H,51,54)(H,52,55). The molecule has 0 radical (unpaired) electrons. The number of nitrogen functional groups attached to an aromatic ring is 1. The molecule has 66 heavy (non-hydrogen) atoms. The molecule has 356 valence electrons. The summed E-state index contributed by atoms with van der Waals surface area (Å²) in [5, 5.41) is 6.31. The third kappa shape index (κ3) is 18.3. The zero-order chi connectivity index (χ0) is 46.6. The average Bonchev–Trinajstić information content (AvgIpc) is 3.31. The first kappa shape index (κ1) is 51.3. The number of benzene rings is 3. The van der Waals surface area contributed by atoms with Crippen molar-refractivity contribution in [3.8, 4) is 11.8 Å². The molecule has 1 aliphatic rings. The monoisotopic (exact) mass is 914 g/mol. The Balaban J connectivity index is 0.726. The van der Waals surface area contributed by atoms with Gasteiger partial charge in [0.15, 0.2) is 0 Å². The lowest BCUT2D eigenvalue weighted by Gasteiger charge is -2.26. The second kappa shape index (κ2) is 29.8. The molecule has 1 aromatic heterocycles. The minimum atomic E-state index is -0.548. The van der Waals surface area contributed by atoms with E-state index < -0.39 is 5.63 Å². The van der Waals surface area contributed by atoms with E-state index in [4.69, 9.17) is 48.0 Å². The number of aryl methyl sites for hydroxylation is 1. The molecule has 3 amide bonds. The molecule has 0 bridgehead atoms. The van der Waals surface area contributed by atoms with Crippen molar-refractivity contribution in [3.63, 3.8) is 0 Å². The van der Waals surface area contributed by atoms with Gasteiger partial charge >= 0.3 is 5.63 Å². The molecular weight excluding hydrogens is 853 g/mol. The molecule has 17 heteroatoms. The molecule has 2 heterocycles. The van der Waals surface area contributed by atoms with Crippen LogP contribution in [0.25, 0.3) is 11.0 Å². The van der Waals surface area contributed by atoms with Crippen LogP contribution in [-0.4, -0.2) is 137 Å². The molecule has 5 rings (SSSR count). The zero-order valence-corrected chi connectivity index (χ0v) is 37.7. The minimum Gasteiger partial charge on any atom is -0.422 e. The van der Waals surface area contributed by atoms with E-state index >= 15 is 0 Å². The number of nitrogens with one attached hydrogen (secondary N) is 2. The third-order valence-corrected chi connectivity index (χ3v) is 10.1. The van der Waals surface area contributed by atoms with Gasteiger partial charge in [0.1, 0.15) is 5.58 Å². The van der Waals surface area contributed by atoms with E-state index in [1.165, 1.54) is 0 Å². The molecule has 3 aromatic carbocycles. The van der Waals surface area contributed by atoms with Crippen molar-refractivity contribution in [3.05, 3.63) is 105 Å². The third-order valence-electron chi connectivity index (χ3n) is 10.1. The van der Waals surface area contributed by atoms with Crippen LogP contribution >= 0.6 is 0 Å². The molecule has 0 spiro atoms. The Hall–Kier alpha value is -5.68. The van der Waals surface area contributed by atoms with E-state index in [0.717, 1.165) is 27.8 Å². The van der Waals surface area contributed by atoms with Crippen molar-refractivity contribution < 1.29 is 56.7 Å². The van der Waals surface area contributed by atoms with Crippen molar-refractivity contribution >= 4 is 40.1 Å². The van der Waals surface area contributed by atoms with E-state index in [0.29, 0.717) is 148 Å². The number of hydrogen-bond donors (Lipinski definition) is 3. The molecule has 0 atom stereocenters. The molecule has 0 saturated heterocycles. The summed E-state index contributed by atoms with van der Waals surface area (Å²) in [5.74, 6) is 5.75. The molecule has 17 nitrogen and oxygen atoms in total. The molecule has 4 aromatic rings. The first-order chi connectivity index (χ1) is 32.3. The fourth-order valence-corrected chi connectivity index (χ4v) is 6.66. The molecule has 0 fully saturated rings. The van der Waals surface area contributed by atoms with Gasteiger partial charge in [-0.05, 0) is 48.4 Å². The predicted octanol–water partition coefficient (Wildman–Crippen LogP) is 3.32. The Labute approximate surface area is 385 Å². The topological polar surface area (TPSA) is 209 Å². The van der Waals surface area contributed by atoms with E-state index in [2.05, 4.69) is 22.5 Å². The highest BCUT2D eigenvalue weighted by atomic mass is 16.6. The van der Waals surface area contributed by atoms with Crippen molar-refractivity contribution in [2.45, 2.75) is 32.7 Å².